The number of nitrogens with one attached hydrogen (secondary N) is 1. The van der Waals surface area contributed by atoms with Crippen molar-refractivity contribution in [2.45, 2.75) is 45.7 Å². The van der Waals surface area contributed by atoms with E-state index in [1.54, 1.807) is 12.1 Å². The summed E-state index contributed by atoms with van der Waals surface area (Å²) in [6.07, 6.45) is 3.44. The number of oxime groups is 1. The molecule has 0 aliphatic rings. The molecular formula is C14H22ClN3O. The van der Waals surface area contributed by atoms with E-state index in [1.807, 2.05) is 6.07 Å². The lowest BCUT2D eigenvalue weighted by Gasteiger charge is -2.16. The van der Waals surface area contributed by atoms with E-state index in [1.165, 1.54) is 6.42 Å². The summed E-state index contributed by atoms with van der Waals surface area (Å²) in [4.78, 5) is 0. The Hall–Kier alpha value is -1.26. The van der Waals surface area contributed by atoms with Crippen LogP contribution in [0, 0.1) is 0 Å². The number of rotatable bonds is 7. The van der Waals surface area contributed by atoms with Crippen LogP contribution in [0.5, 0.6) is 0 Å². The van der Waals surface area contributed by atoms with Crippen molar-refractivity contribution in [2.24, 2.45) is 10.9 Å². The van der Waals surface area contributed by atoms with Gasteiger partial charge in [0.1, 0.15) is 0 Å². The third-order valence-corrected chi connectivity index (χ3v) is 3.52. The van der Waals surface area contributed by atoms with Crippen LogP contribution in [0.3, 0.4) is 0 Å². The van der Waals surface area contributed by atoms with Crippen LogP contribution in [-0.4, -0.2) is 17.1 Å². The molecule has 0 saturated carbocycles. The third-order valence-electron chi connectivity index (χ3n) is 3.17. The topological polar surface area (TPSA) is 70.6 Å². The molecule has 0 aromatic heterocycles. The second kappa shape index (κ2) is 8.02. The Kier molecular flexibility index (Phi) is 6.67. The number of hydrogen-bond acceptors (Lipinski definition) is 3. The molecule has 1 atom stereocenters. The molecule has 5 heteroatoms. The standard InChI is InChI=1S/C14H22ClN3O/c1-3-5-12(4-2)17-9-11-7-6-10(8-13(11)15)14(16)18-19/h6-8,12,17,19H,3-5,9H2,1-2H3,(H2,16,18). The van der Waals surface area contributed by atoms with E-state index in [9.17, 15) is 0 Å². The van der Waals surface area contributed by atoms with Crippen LogP contribution in [0.15, 0.2) is 23.4 Å². The van der Waals surface area contributed by atoms with Crippen LogP contribution in [0.1, 0.15) is 44.2 Å². The van der Waals surface area contributed by atoms with E-state index >= 15 is 0 Å². The van der Waals surface area contributed by atoms with Gasteiger partial charge in [-0.05, 0) is 24.5 Å². The van der Waals surface area contributed by atoms with Gasteiger partial charge in [-0.1, -0.05) is 49.2 Å². The van der Waals surface area contributed by atoms with E-state index in [2.05, 4.69) is 24.3 Å². The fraction of sp³-hybridized carbons (Fsp3) is 0.500. The van der Waals surface area contributed by atoms with Crippen LogP contribution in [0.25, 0.3) is 0 Å². The van der Waals surface area contributed by atoms with Crippen LogP contribution in [0.4, 0.5) is 0 Å². The third kappa shape index (κ3) is 4.73. The van der Waals surface area contributed by atoms with Gasteiger partial charge in [0.15, 0.2) is 5.84 Å². The maximum absolute atomic E-state index is 8.62. The van der Waals surface area contributed by atoms with Crippen molar-refractivity contribution < 1.29 is 5.21 Å². The van der Waals surface area contributed by atoms with Gasteiger partial charge in [0.25, 0.3) is 0 Å². The van der Waals surface area contributed by atoms with Gasteiger partial charge in [-0.3, -0.25) is 0 Å². The Morgan fingerprint density at radius 3 is 2.74 bits per heavy atom. The molecule has 4 N–H and O–H groups in total. The van der Waals surface area contributed by atoms with Crippen molar-refractivity contribution in [3.8, 4) is 0 Å². The number of halogens is 1. The zero-order valence-electron chi connectivity index (χ0n) is 11.5. The molecule has 106 valence electrons. The maximum Gasteiger partial charge on any atom is 0.170 e. The number of nitrogens with two attached hydrogens (primary N) is 1. The van der Waals surface area contributed by atoms with E-state index in [0.29, 0.717) is 16.6 Å². The first-order chi connectivity index (χ1) is 9.12. The zero-order chi connectivity index (χ0) is 14.3. The molecule has 0 aliphatic heterocycles. The lowest BCUT2D eigenvalue weighted by Crippen LogP contribution is -2.27. The highest BCUT2D eigenvalue weighted by Crippen LogP contribution is 2.18. The normalized spacial score (nSPS) is 13.5. The van der Waals surface area contributed by atoms with E-state index in [0.717, 1.165) is 24.9 Å². The molecule has 1 aromatic rings. The van der Waals surface area contributed by atoms with Gasteiger partial charge < -0.3 is 16.3 Å². The highest BCUT2D eigenvalue weighted by atomic mass is 35.5. The Balaban J connectivity index is 2.70. The second-order valence-corrected chi connectivity index (χ2v) is 4.97. The summed E-state index contributed by atoms with van der Waals surface area (Å²) in [5.41, 5.74) is 7.16. The average molecular weight is 284 g/mol. The smallest absolute Gasteiger partial charge is 0.170 e. The summed E-state index contributed by atoms with van der Waals surface area (Å²) >= 11 is 6.20. The molecule has 0 aliphatic carbocycles. The first-order valence-corrected chi connectivity index (χ1v) is 6.99. The van der Waals surface area contributed by atoms with Gasteiger partial charge in [-0.25, -0.2) is 0 Å². The minimum absolute atomic E-state index is 0.0684. The molecule has 1 aromatic carbocycles. The molecule has 19 heavy (non-hydrogen) atoms. The van der Waals surface area contributed by atoms with Gasteiger partial charge in [0.2, 0.25) is 0 Å². The van der Waals surface area contributed by atoms with Crippen LogP contribution in [-0.2, 0) is 6.54 Å². The summed E-state index contributed by atoms with van der Waals surface area (Å²) in [5.74, 6) is 0.0684. The van der Waals surface area contributed by atoms with Crippen LogP contribution >= 0.6 is 11.6 Å². The van der Waals surface area contributed by atoms with Crippen molar-refractivity contribution in [1.82, 2.24) is 5.32 Å². The van der Waals surface area contributed by atoms with Gasteiger partial charge in [0, 0.05) is 23.2 Å². The quantitative estimate of drug-likeness (QED) is 0.312. The van der Waals surface area contributed by atoms with Crippen LogP contribution in [0.2, 0.25) is 5.02 Å². The van der Waals surface area contributed by atoms with E-state index in [4.69, 9.17) is 22.5 Å². The van der Waals surface area contributed by atoms with Crippen molar-refractivity contribution in [3.05, 3.63) is 34.3 Å². The summed E-state index contributed by atoms with van der Waals surface area (Å²) in [6.45, 7) is 5.09. The van der Waals surface area contributed by atoms with Crippen molar-refractivity contribution >= 4 is 17.4 Å². The molecule has 0 heterocycles. The minimum atomic E-state index is 0.0684. The molecule has 1 rings (SSSR count). The number of benzene rings is 1. The predicted octanol–water partition coefficient (Wildman–Crippen LogP) is 3.10. The predicted molar refractivity (Wildman–Crippen MR) is 79.8 cm³/mol. The molecule has 0 bridgehead atoms. The average Bonchev–Trinajstić information content (AvgIpc) is 2.43. The Bertz CT molecular complexity index is 435. The molecular weight excluding hydrogens is 262 g/mol. The van der Waals surface area contributed by atoms with E-state index < -0.39 is 0 Å². The molecule has 0 saturated heterocycles. The first-order valence-electron chi connectivity index (χ1n) is 6.62. The van der Waals surface area contributed by atoms with Crippen molar-refractivity contribution in [1.29, 1.82) is 0 Å². The van der Waals surface area contributed by atoms with Crippen molar-refractivity contribution in [3.63, 3.8) is 0 Å². The summed E-state index contributed by atoms with van der Waals surface area (Å²) < 4.78 is 0. The van der Waals surface area contributed by atoms with Gasteiger partial charge in [-0.2, -0.15) is 0 Å². The highest BCUT2D eigenvalue weighted by Gasteiger charge is 2.08. The lowest BCUT2D eigenvalue weighted by molar-refractivity contribution is 0.318. The molecule has 4 nitrogen and oxygen atoms in total. The molecule has 1 unspecified atom stereocenters. The SMILES string of the molecule is CCCC(CC)NCc1ccc(/C(N)=N/O)cc1Cl. The Labute approximate surface area is 119 Å². The van der Waals surface area contributed by atoms with Gasteiger partial charge in [0.05, 0.1) is 0 Å². The fourth-order valence-corrected chi connectivity index (χ4v) is 2.21. The van der Waals surface area contributed by atoms with Gasteiger partial charge in [-0.15, -0.1) is 0 Å². The molecule has 0 radical (unpaired) electrons. The van der Waals surface area contributed by atoms with Crippen LogP contribution < -0.4 is 11.1 Å². The molecule has 0 spiro atoms. The lowest BCUT2D eigenvalue weighted by atomic mass is 10.1. The number of amidine groups is 1. The zero-order valence-corrected chi connectivity index (χ0v) is 12.2. The minimum Gasteiger partial charge on any atom is -0.409 e. The molecule has 0 fully saturated rings. The number of hydrogen-bond donors (Lipinski definition) is 3. The first kappa shape index (κ1) is 15.8. The maximum atomic E-state index is 8.62. The summed E-state index contributed by atoms with van der Waals surface area (Å²) in [7, 11) is 0. The van der Waals surface area contributed by atoms with Gasteiger partial charge >= 0.3 is 0 Å². The second-order valence-electron chi connectivity index (χ2n) is 4.57. The highest BCUT2D eigenvalue weighted by molar-refractivity contribution is 6.31. The number of nitrogens with zero attached hydrogens (tertiary/aromatic N) is 1. The largest absolute Gasteiger partial charge is 0.409 e. The Morgan fingerprint density at radius 2 is 2.21 bits per heavy atom. The molecule has 0 amide bonds. The fourth-order valence-electron chi connectivity index (χ4n) is 1.96. The summed E-state index contributed by atoms with van der Waals surface area (Å²) in [5, 5.41) is 15.7. The van der Waals surface area contributed by atoms with E-state index in [-0.39, 0.29) is 5.84 Å². The van der Waals surface area contributed by atoms with Crippen molar-refractivity contribution in [2.75, 3.05) is 0 Å². The Morgan fingerprint density at radius 1 is 1.47 bits per heavy atom. The summed E-state index contributed by atoms with van der Waals surface area (Å²) in [6, 6.07) is 5.94. The monoisotopic (exact) mass is 283 g/mol.